The molecule has 0 unspecified atom stereocenters. The molecule has 0 fully saturated rings. The quantitative estimate of drug-likeness (QED) is 0.606. The molecule has 0 atom stereocenters. The molecule has 0 N–H and O–H groups in total. The minimum absolute atomic E-state index is 0. The Bertz CT molecular complexity index is 249. The average molecular weight is 259 g/mol. The molecule has 0 saturated carbocycles. The van der Waals surface area contributed by atoms with Gasteiger partial charge in [0.25, 0.3) is 0 Å². The van der Waals surface area contributed by atoms with Crippen molar-refractivity contribution in [2.75, 3.05) is 0 Å². The van der Waals surface area contributed by atoms with E-state index in [1.165, 1.54) is 12.8 Å². The Morgan fingerprint density at radius 3 is 1.83 bits per heavy atom. The summed E-state index contributed by atoms with van der Waals surface area (Å²) in [6.07, 6.45) is 15.9. The van der Waals surface area contributed by atoms with Crippen LogP contribution in [0, 0.1) is 0 Å². The first-order valence-corrected chi connectivity index (χ1v) is 5.50. The molecule has 0 heterocycles. The molecular weight excluding hydrogens is 248 g/mol. The Kier molecular flexibility index (Phi) is 4.27. The van der Waals surface area contributed by atoms with Crippen LogP contribution in [0.5, 0.6) is 0 Å². The molecule has 0 spiro atoms. The summed E-state index contributed by atoms with van der Waals surface area (Å²) in [5, 5.41) is 0. The van der Waals surface area contributed by atoms with Crippen LogP contribution in [0.1, 0.15) is 14.3 Å². The Balaban J connectivity index is 0.000000720. The van der Waals surface area contributed by atoms with Gasteiger partial charge in [-0.15, -0.1) is 0 Å². The van der Waals surface area contributed by atoms with Crippen LogP contribution in [0.15, 0.2) is 44.2 Å². The zero-order chi connectivity index (χ0) is 7.52. The van der Waals surface area contributed by atoms with Crippen molar-refractivity contribution >= 4 is 0 Å². The fourth-order valence-electron chi connectivity index (χ4n) is 1.29. The molecule has 0 nitrogen and oxygen atoms in total. The van der Waals surface area contributed by atoms with Crippen molar-refractivity contribution in [1.82, 2.24) is 0 Å². The first kappa shape index (κ1) is 10.2. The first-order valence-electron chi connectivity index (χ1n) is 3.93. The number of rotatable bonds is 2. The topological polar surface area (TPSA) is 0 Å². The third-order valence-electron chi connectivity index (χ3n) is 1.86. The molecule has 62 valence electrons. The molecule has 2 aliphatic rings. The molecule has 0 radical (unpaired) electrons. The van der Waals surface area contributed by atoms with Crippen LogP contribution in [0.25, 0.3) is 0 Å². The van der Waals surface area contributed by atoms with E-state index in [-0.39, 0.29) is 37.6 Å². The van der Waals surface area contributed by atoms with Gasteiger partial charge in [0.15, 0.2) is 0 Å². The predicted octanol–water partition coefficient (Wildman–Crippen LogP) is -0.127. The molecule has 0 aromatic rings. The summed E-state index contributed by atoms with van der Waals surface area (Å²) in [4.78, 5) is 0. The van der Waals surface area contributed by atoms with Gasteiger partial charge in [-0.2, -0.15) is 0 Å². The van der Waals surface area contributed by atoms with Gasteiger partial charge in [-0.25, -0.2) is 0 Å². The zero-order valence-electron chi connectivity index (χ0n) is 7.76. The maximum atomic E-state index is 2.29. The normalized spacial score (nSPS) is 18.3. The fourth-order valence-corrected chi connectivity index (χ4v) is 3.18. The van der Waals surface area contributed by atoms with Crippen LogP contribution in [0.3, 0.4) is 0 Å². The van der Waals surface area contributed by atoms with E-state index in [2.05, 4.69) is 36.5 Å². The second-order valence-corrected chi connectivity index (χ2v) is 5.17. The first-order chi connectivity index (χ1) is 5.45. The summed E-state index contributed by atoms with van der Waals surface area (Å²) in [5.41, 5.74) is 0. The largest absolute Gasteiger partial charge is 1.00 e. The van der Waals surface area contributed by atoms with E-state index in [0.29, 0.717) is 0 Å². The predicted molar refractivity (Wildman–Crippen MR) is 44.8 cm³/mol. The Morgan fingerprint density at radius 2 is 1.50 bits per heavy atom. The van der Waals surface area contributed by atoms with E-state index in [1.54, 1.807) is 7.76 Å². The van der Waals surface area contributed by atoms with E-state index >= 15 is 0 Å². The summed E-state index contributed by atoms with van der Waals surface area (Å²) >= 11 is 0.0833. The Hall–Kier alpha value is 0.154. The summed E-state index contributed by atoms with van der Waals surface area (Å²) in [6, 6.07) is 0. The van der Waals surface area contributed by atoms with Gasteiger partial charge in [0, 0.05) is 0 Å². The average Bonchev–Trinajstić information content (AvgIpc) is 2.60. The van der Waals surface area contributed by atoms with E-state index in [1.807, 2.05) is 0 Å². The summed E-state index contributed by atoms with van der Waals surface area (Å²) in [6.45, 7) is 0. The molecule has 2 heteroatoms. The van der Waals surface area contributed by atoms with E-state index in [0.717, 1.165) is 0 Å². The van der Waals surface area contributed by atoms with Crippen molar-refractivity contribution in [2.45, 2.75) is 12.8 Å². The minimum Gasteiger partial charge on any atom is -1.00 e. The molecule has 0 aromatic carbocycles. The SMILES string of the molecule is C1=CC[C]([Ti+2][C]2=CC=CC2)=C1.[Br-].[H-]. The number of allylic oxidation sites excluding steroid dienone is 8. The van der Waals surface area contributed by atoms with Crippen LogP contribution in [-0.4, -0.2) is 0 Å². The maximum absolute atomic E-state index is 2.29. The number of hydrogen-bond acceptors (Lipinski definition) is 0. The molecule has 0 amide bonds. The van der Waals surface area contributed by atoms with Gasteiger partial charge in [-0.3, -0.25) is 0 Å². The van der Waals surface area contributed by atoms with E-state index in [4.69, 9.17) is 0 Å². The van der Waals surface area contributed by atoms with Gasteiger partial charge in [0.2, 0.25) is 0 Å². The smallest absolute Gasteiger partial charge is 1.00 e. The van der Waals surface area contributed by atoms with Gasteiger partial charge < -0.3 is 18.4 Å². The molecule has 0 aliphatic heterocycles. The molecule has 0 bridgehead atoms. The van der Waals surface area contributed by atoms with Crippen LogP contribution < -0.4 is 17.0 Å². The summed E-state index contributed by atoms with van der Waals surface area (Å²) in [5.74, 6) is 0. The van der Waals surface area contributed by atoms with Gasteiger partial charge in [0.1, 0.15) is 0 Å². The number of halogens is 1. The summed E-state index contributed by atoms with van der Waals surface area (Å²) < 4.78 is 3.36. The molecule has 0 aromatic heterocycles. The van der Waals surface area contributed by atoms with Crippen LogP contribution in [0.4, 0.5) is 0 Å². The maximum Gasteiger partial charge on any atom is -1.00 e. The van der Waals surface area contributed by atoms with Crippen molar-refractivity contribution in [3.63, 3.8) is 0 Å². The van der Waals surface area contributed by atoms with Crippen molar-refractivity contribution in [3.05, 3.63) is 44.2 Å². The van der Waals surface area contributed by atoms with Gasteiger partial charge >= 0.3 is 76.2 Å². The van der Waals surface area contributed by atoms with Crippen LogP contribution in [-0.2, 0) is 19.2 Å². The second-order valence-electron chi connectivity index (χ2n) is 2.77. The van der Waals surface area contributed by atoms with Crippen molar-refractivity contribution in [1.29, 1.82) is 0 Å². The molecule has 2 rings (SSSR count). The van der Waals surface area contributed by atoms with Crippen molar-refractivity contribution in [2.24, 2.45) is 0 Å². The van der Waals surface area contributed by atoms with Gasteiger partial charge in [-0.05, 0) is 0 Å². The Morgan fingerprint density at radius 1 is 1.00 bits per heavy atom. The molecular formula is C10H11BrTi. The fraction of sp³-hybridized carbons (Fsp3) is 0.200. The van der Waals surface area contributed by atoms with Crippen LogP contribution in [0.2, 0.25) is 0 Å². The zero-order valence-corrected chi connectivity index (χ0v) is 9.90. The minimum atomic E-state index is 0. The van der Waals surface area contributed by atoms with Crippen molar-refractivity contribution < 1.29 is 37.6 Å². The second kappa shape index (κ2) is 5.01. The van der Waals surface area contributed by atoms with Gasteiger partial charge in [-0.1, -0.05) is 0 Å². The van der Waals surface area contributed by atoms with Crippen LogP contribution >= 0.6 is 0 Å². The monoisotopic (exact) mass is 258 g/mol. The van der Waals surface area contributed by atoms with E-state index < -0.39 is 0 Å². The third kappa shape index (κ3) is 2.58. The Labute approximate surface area is 94.3 Å². The van der Waals surface area contributed by atoms with E-state index in [9.17, 15) is 0 Å². The summed E-state index contributed by atoms with van der Waals surface area (Å²) in [7, 11) is 0. The van der Waals surface area contributed by atoms with Crippen molar-refractivity contribution in [3.8, 4) is 0 Å². The van der Waals surface area contributed by atoms with Gasteiger partial charge in [0.05, 0.1) is 0 Å². The molecule has 2 aliphatic carbocycles. The molecule has 0 saturated heterocycles. The molecule has 12 heavy (non-hydrogen) atoms. The third-order valence-corrected chi connectivity index (χ3v) is 4.02. The number of hydrogen-bond donors (Lipinski definition) is 0. The standard InChI is InChI=1S/2C5H5.BrH.Ti.H/c2*1-2-4-5-3-1;;;/h2*1-3H,4H2;1H;;/q;;;+2;-1/p-1.